The second-order valence-corrected chi connectivity index (χ2v) is 7.72. The molecule has 0 bridgehead atoms. The van der Waals surface area contributed by atoms with Gasteiger partial charge < -0.3 is 4.98 Å². The van der Waals surface area contributed by atoms with Crippen LogP contribution < -0.4 is 5.69 Å². The zero-order valence-corrected chi connectivity index (χ0v) is 12.1. The van der Waals surface area contributed by atoms with E-state index in [0.29, 0.717) is 12.2 Å². The third-order valence-electron chi connectivity index (χ3n) is 4.31. The van der Waals surface area contributed by atoms with Crippen LogP contribution in [0.3, 0.4) is 0 Å². The van der Waals surface area contributed by atoms with E-state index in [0.717, 1.165) is 38.5 Å². The molecular formula is C13H19N3O3S. The minimum absolute atomic E-state index is 0.239. The van der Waals surface area contributed by atoms with Gasteiger partial charge in [-0.25, -0.2) is 18.2 Å². The van der Waals surface area contributed by atoms with Gasteiger partial charge in [0.1, 0.15) is 0 Å². The number of nitrogens with one attached hydrogen (secondary N) is 1. The molecule has 2 aliphatic rings. The van der Waals surface area contributed by atoms with Crippen LogP contribution in [0, 0.1) is 0 Å². The molecule has 0 amide bonds. The van der Waals surface area contributed by atoms with E-state index < -0.39 is 15.7 Å². The molecule has 1 unspecified atom stereocenters. The number of H-pyrrole nitrogens is 1. The Morgan fingerprint density at radius 1 is 1.20 bits per heavy atom. The Kier molecular flexibility index (Phi) is 3.64. The number of rotatable bonds is 3. The van der Waals surface area contributed by atoms with Crippen molar-refractivity contribution >= 4 is 10.0 Å². The van der Waals surface area contributed by atoms with Crippen LogP contribution in [0.1, 0.15) is 50.3 Å². The van der Waals surface area contributed by atoms with Gasteiger partial charge in [0.15, 0.2) is 0 Å². The predicted molar refractivity (Wildman–Crippen MR) is 74.7 cm³/mol. The molecule has 1 aromatic rings. The zero-order valence-electron chi connectivity index (χ0n) is 11.3. The molecule has 1 atom stereocenters. The highest BCUT2D eigenvalue weighted by Gasteiger charge is 2.41. The third kappa shape index (κ3) is 2.40. The van der Waals surface area contributed by atoms with Crippen LogP contribution >= 0.6 is 0 Å². The summed E-state index contributed by atoms with van der Waals surface area (Å²) in [6.07, 6.45) is 6.54. The Bertz CT molecular complexity index is 634. The van der Waals surface area contributed by atoms with Gasteiger partial charge in [0, 0.05) is 18.4 Å². The maximum atomic E-state index is 12.7. The molecule has 1 saturated heterocycles. The normalized spacial score (nSPS) is 25.3. The molecule has 1 N–H and O–H groups in total. The van der Waals surface area contributed by atoms with Crippen molar-refractivity contribution in [1.29, 1.82) is 0 Å². The van der Waals surface area contributed by atoms with Gasteiger partial charge >= 0.3 is 5.69 Å². The highest BCUT2D eigenvalue weighted by Crippen LogP contribution is 2.37. The monoisotopic (exact) mass is 297 g/mol. The molecule has 0 aromatic carbocycles. The lowest BCUT2D eigenvalue weighted by Gasteiger charge is -2.26. The summed E-state index contributed by atoms with van der Waals surface area (Å²) in [7, 11) is -3.26. The lowest BCUT2D eigenvalue weighted by molar-refractivity contribution is 0.382. The number of hydrogen-bond acceptors (Lipinski definition) is 4. The lowest BCUT2D eigenvalue weighted by atomic mass is 10.1. The topological polar surface area (TPSA) is 83.1 Å². The Labute approximate surface area is 118 Å². The van der Waals surface area contributed by atoms with Crippen molar-refractivity contribution in [3.8, 4) is 0 Å². The van der Waals surface area contributed by atoms with Crippen molar-refractivity contribution in [2.75, 3.05) is 6.54 Å². The quantitative estimate of drug-likeness (QED) is 0.908. The molecule has 1 aliphatic carbocycles. The predicted octanol–water partition coefficient (Wildman–Crippen LogP) is 1.18. The van der Waals surface area contributed by atoms with E-state index in [1.54, 1.807) is 10.4 Å². The molecule has 0 spiro atoms. The van der Waals surface area contributed by atoms with Gasteiger partial charge in [-0.3, -0.25) is 0 Å². The summed E-state index contributed by atoms with van der Waals surface area (Å²) in [4.78, 5) is 17.6. The first-order valence-electron chi connectivity index (χ1n) is 7.15. The minimum Gasteiger partial charge on any atom is -0.308 e. The van der Waals surface area contributed by atoms with Crippen LogP contribution in [0.2, 0.25) is 0 Å². The Hall–Kier alpha value is -1.21. The van der Waals surface area contributed by atoms with Crippen LogP contribution in [0.15, 0.2) is 17.1 Å². The van der Waals surface area contributed by atoms with Gasteiger partial charge in [0.2, 0.25) is 10.0 Å². The van der Waals surface area contributed by atoms with Crippen LogP contribution in [-0.2, 0) is 10.0 Å². The fourth-order valence-electron chi connectivity index (χ4n) is 3.31. The van der Waals surface area contributed by atoms with Gasteiger partial charge in [-0.2, -0.15) is 4.31 Å². The average molecular weight is 297 g/mol. The lowest BCUT2D eigenvalue weighted by Crippen LogP contribution is -2.37. The summed E-state index contributed by atoms with van der Waals surface area (Å²) in [5.74, 6) is 0. The number of sulfonamides is 1. The smallest absolute Gasteiger partial charge is 0.308 e. The first-order valence-corrected chi connectivity index (χ1v) is 8.65. The molecule has 1 aromatic heterocycles. The molecular weight excluding hydrogens is 278 g/mol. The Balaban J connectivity index is 1.91. The molecule has 2 fully saturated rings. The van der Waals surface area contributed by atoms with Crippen LogP contribution in [-0.4, -0.2) is 34.5 Å². The van der Waals surface area contributed by atoms with E-state index in [4.69, 9.17) is 0 Å². The maximum Gasteiger partial charge on any atom is 0.345 e. The van der Waals surface area contributed by atoms with Gasteiger partial charge in [-0.1, -0.05) is 12.8 Å². The van der Waals surface area contributed by atoms with E-state index in [9.17, 15) is 13.2 Å². The molecule has 3 rings (SSSR count). The summed E-state index contributed by atoms with van der Waals surface area (Å²) < 4.78 is 27.0. The van der Waals surface area contributed by atoms with Crippen molar-refractivity contribution in [2.45, 2.75) is 49.8 Å². The molecule has 6 nitrogen and oxygen atoms in total. The summed E-state index contributed by atoms with van der Waals surface area (Å²) >= 11 is 0. The second-order valence-electron chi connectivity index (χ2n) is 5.55. The van der Waals surface area contributed by atoms with Crippen molar-refractivity contribution in [2.24, 2.45) is 0 Å². The minimum atomic E-state index is -3.26. The van der Waals surface area contributed by atoms with Crippen LogP contribution in [0.25, 0.3) is 0 Å². The van der Waals surface area contributed by atoms with E-state index in [1.165, 1.54) is 6.20 Å². The molecule has 1 saturated carbocycles. The summed E-state index contributed by atoms with van der Waals surface area (Å²) in [5, 5.41) is -0.239. The van der Waals surface area contributed by atoms with Crippen LogP contribution in [0.4, 0.5) is 0 Å². The highest BCUT2D eigenvalue weighted by atomic mass is 32.2. The van der Waals surface area contributed by atoms with Gasteiger partial charge in [0.25, 0.3) is 0 Å². The number of aromatic amines is 1. The summed E-state index contributed by atoms with van der Waals surface area (Å²) in [5.41, 5.74) is 0.233. The fraction of sp³-hybridized carbons (Fsp3) is 0.692. The van der Waals surface area contributed by atoms with Crippen molar-refractivity contribution in [3.63, 3.8) is 0 Å². The first-order chi connectivity index (χ1) is 9.59. The second kappa shape index (κ2) is 5.29. The molecule has 0 radical (unpaired) electrons. The Morgan fingerprint density at radius 2 is 1.95 bits per heavy atom. The molecule has 2 heterocycles. The van der Waals surface area contributed by atoms with Crippen molar-refractivity contribution in [1.82, 2.24) is 14.3 Å². The van der Waals surface area contributed by atoms with Gasteiger partial charge in [0.05, 0.1) is 11.3 Å². The molecule has 20 heavy (non-hydrogen) atoms. The highest BCUT2D eigenvalue weighted by molar-refractivity contribution is 7.89. The average Bonchev–Trinajstić information content (AvgIpc) is 3.11. The zero-order chi connectivity index (χ0) is 14.2. The Morgan fingerprint density at radius 3 is 2.65 bits per heavy atom. The van der Waals surface area contributed by atoms with Crippen molar-refractivity contribution < 1.29 is 8.42 Å². The fourth-order valence-corrected chi connectivity index (χ4v) is 5.58. The first kappa shape index (κ1) is 13.8. The molecule has 7 heteroatoms. The number of aromatic nitrogens is 2. The summed E-state index contributed by atoms with van der Waals surface area (Å²) in [6, 6.07) is 1.46. The van der Waals surface area contributed by atoms with Gasteiger partial charge in [-0.15, -0.1) is 0 Å². The molecule has 110 valence electrons. The summed E-state index contributed by atoms with van der Waals surface area (Å²) in [6.45, 7) is 0.549. The van der Waals surface area contributed by atoms with E-state index in [1.807, 2.05) is 0 Å². The standard InChI is InChI=1S/C13H19N3O3S/c17-13-14-8-7-11(15-13)12-6-3-9-16(12)20(18,19)10-4-1-2-5-10/h7-8,10,12H,1-6,9H2,(H,14,15,17). The van der Waals surface area contributed by atoms with E-state index in [2.05, 4.69) is 9.97 Å². The number of hydrogen-bond donors (Lipinski definition) is 1. The third-order valence-corrected chi connectivity index (χ3v) is 6.71. The number of nitrogens with zero attached hydrogens (tertiary/aromatic N) is 2. The SMILES string of the molecule is O=c1nccc(C2CCCN2S(=O)(=O)C2CCCC2)[nH]1. The van der Waals surface area contributed by atoms with E-state index >= 15 is 0 Å². The van der Waals surface area contributed by atoms with E-state index in [-0.39, 0.29) is 11.3 Å². The van der Waals surface area contributed by atoms with Gasteiger partial charge in [-0.05, 0) is 31.7 Å². The van der Waals surface area contributed by atoms with Crippen molar-refractivity contribution in [3.05, 3.63) is 28.4 Å². The molecule has 1 aliphatic heterocycles. The maximum absolute atomic E-state index is 12.7. The van der Waals surface area contributed by atoms with Crippen LogP contribution in [0.5, 0.6) is 0 Å². The largest absolute Gasteiger partial charge is 0.345 e.